The van der Waals surface area contributed by atoms with Crippen LogP contribution in [0.4, 0.5) is 5.69 Å². The van der Waals surface area contributed by atoms with Crippen molar-refractivity contribution in [2.75, 3.05) is 11.9 Å². The van der Waals surface area contributed by atoms with E-state index in [0.29, 0.717) is 11.6 Å². The second-order valence-corrected chi connectivity index (χ2v) is 10.3. The van der Waals surface area contributed by atoms with Gasteiger partial charge in [0, 0.05) is 34.6 Å². The summed E-state index contributed by atoms with van der Waals surface area (Å²) >= 11 is 1.86. The van der Waals surface area contributed by atoms with Gasteiger partial charge in [0.15, 0.2) is 0 Å². The Morgan fingerprint density at radius 3 is 2.27 bits per heavy atom. The summed E-state index contributed by atoms with van der Waals surface area (Å²) in [6.45, 7) is 11.7. The van der Waals surface area contributed by atoms with Gasteiger partial charge in [0.05, 0.1) is 0 Å². The monoisotopic (exact) mass is 377 g/mol. The molecule has 0 aromatic heterocycles. The zero-order valence-electron chi connectivity index (χ0n) is 16.9. The van der Waals surface area contributed by atoms with Crippen molar-refractivity contribution in [1.29, 1.82) is 0 Å². The molecule has 0 unspecified atom stereocenters. The predicted molar refractivity (Wildman–Crippen MR) is 114 cm³/mol. The van der Waals surface area contributed by atoms with E-state index < -0.39 is 0 Å². The number of anilines is 1. The topological polar surface area (TPSA) is 53.2 Å². The van der Waals surface area contributed by atoms with Crippen molar-refractivity contribution < 1.29 is 4.79 Å². The number of hydrogen-bond donors (Lipinski definition) is 3. The van der Waals surface area contributed by atoms with Crippen LogP contribution in [0, 0.1) is 5.92 Å². The van der Waals surface area contributed by atoms with Crippen molar-refractivity contribution in [3.05, 3.63) is 29.8 Å². The number of nitrogens with one attached hydrogen (secondary N) is 3. The average Bonchev–Trinajstić information content (AvgIpc) is 2.58. The summed E-state index contributed by atoms with van der Waals surface area (Å²) in [4.78, 5) is 12.0. The highest BCUT2D eigenvalue weighted by atomic mass is 32.2. The quantitative estimate of drug-likeness (QED) is 0.596. The third-order valence-electron chi connectivity index (χ3n) is 4.54. The Morgan fingerprint density at radius 1 is 1.12 bits per heavy atom. The van der Waals surface area contributed by atoms with Crippen molar-refractivity contribution in [1.82, 2.24) is 10.0 Å². The van der Waals surface area contributed by atoms with E-state index in [-0.39, 0.29) is 16.7 Å². The van der Waals surface area contributed by atoms with E-state index in [1.165, 1.54) is 25.7 Å². The zero-order chi connectivity index (χ0) is 19.2. The minimum atomic E-state index is -0.00880. The molecule has 146 valence electrons. The van der Waals surface area contributed by atoms with Crippen LogP contribution >= 0.6 is 11.9 Å². The van der Waals surface area contributed by atoms with Crippen molar-refractivity contribution in [2.45, 2.75) is 77.1 Å². The van der Waals surface area contributed by atoms with E-state index in [4.69, 9.17) is 0 Å². The third kappa shape index (κ3) is 7.58. The smallest absolute Gasteiger partial charge is 0.251 e. The van der Waals surface area contributed by atoms with Crippen LogP contribution in [0.25, 0.3) is 0 Å². The first-order chi connectivity index (χ1) is 12.2. The molecule has 0 bridgehead atoms. The van der Waals surface area contributed by atoms with Gasteiger partial charge >= 0.3 is 0 Å². The molecule has 0 aliphatic heterocycles. The molecule has 1 aromatic rings. The van der Waals surface area contributed by atoms with Crippen LogP contribution in [0.3, 0.4) is 0 Å². The normalized spacial score (nSPS) is 20.8. The fraction of sp³-hybridized carbons (Fsp3) is 0.667. The summed E-state index contributed by atoms with van der Waals surface area (Å²) in [7, 11) is 0. The van der Waals surface area contributed by atoms with Crippen LogP contribution in [0.2, 0.25) is 0 Å². The fourth-order valence-corrected chi connectivity index (χ4v) is 3.85. The lowest BCUT2D eigenvalue weighted by Crippen LogP contribution is -2.33. The molecule has 2 rings (SSSR count). The maximum absolute atomic E-state index is 12.0. The molecule has 1 fully saturated rings. The Bertz CT molecular complexity index is 558. The number of carbonyl (C=O) groups is 1. The lowest BCUT2D eigenvalue weighted by Gasteiger charge is -2.31. The Hall–Kier alpha value is -1.20. The highest BCUT2D eigenvalue weighted by Crippen LogP contribution is 2.28. The molecule has 3 N–H and O–H groups in total. The molecule has 4 nitrogen and oxygen atoms in total. The minimum Gasteiger partial charge on any atom is -0.385 e. The van der Waals surface area contributed by atoms with Gasteiger partial charge in [0.25, 0.3) is 5.91 Å². The van der Waals surface area contributed by atoms with Gasteiger partial charge in [-0.25, -0.2) is 0 Å². The van der Waals surface area contributed by atoms with Crippen LogP contribution < -0.4 is 15.4 Å². The van der Waals surface area contributed by atoms with Gasteiger partial charge in [-0.1, -0.05) is 11.9 Å². The van der Waals surface area contributed by atoms with Gasteiger partial charge in [-0.05, 0) is 90.5 Å². The summed E-state index contributed by atoms with van der Waals surface area (Å²) in [6.07, 6.45) is 5.04. The molecule has 1 aromatic carbocycles. The summed E-state index contributed by atoms with van der Waals surface area (Å²) in [5, 5.41) is 6.45. The number of rotatable bonds is 7. The first kappa shape index (κ1) is 21.1. The fourth-order valence-electron chi connectivity index (χ4n) is 3.09. The van der Waals surface area contributed by atoms with Gasteiger partial charge in [-0.15, -0.1) is 0 Å². The number of benzene rings is 1. The highest BCUT2D eigenvalue weighted by Gasteiger charge is 2.22. The SMILES string of the molecule is CC(C)NC(=O)c1ccc(NCC2CCC(NSC(C)(C)C)CC2)cc1. The Labute approximate surface area is 163 Å². The molecule has 0 spiro atoms. The number of hydrogen-bond acceptors (Lipinski definition) is 4. The molecule has 1 amide bonds. The van der Waals surface area contributed by atoms with E-state index >= 15 is 0 Å². The van der Waals surface area contributed by atoms with E-state index in [9.17, 15) is 4.79 Å². The van der Waals surface area contributed by atoms with E-state index in [1.54, 1.807) is 0 Å². The van der Waals surface area contributed by atoms with E-state index in [0.717, 1.165) is 18.2 Å². The Kier molecular flexibility index (Phi) is 7.84. The highest BCUT2D eigenvalue weighted by molar-refractivity contribution is 7.98. The predicted octanol–water partition coefficient (Wildman–Crippen LogP) is 4.83. The van der Waals surface area contributed by atoms with Crippen molar-refractivity contribution in [3.8, 4) is 0 Å². The summed E-state index contributed by atoms with van der Waals surface area (Å²) in [5.41, 5.74) is 1.81. The maximum atomic E-state index is 12.0. The lowest BCUT2D eigenvalue weighted by atomic mass is 9.86. The van der Waals surface area contributed by atoms with Gasteiger partial charge in [-0.2, -0.15) is 0 Å². The van der Waals surface area contributed by atoms with Crippen LogP contribution in [0.1, 0.15) is 70.7 Å². The Balaban J connectivity index is 1.70. The summed E-state index contributed by atoms with van der Waals surface area (Å²) < 4.78 is 3.92. The molecule has 0 radical (unpaired) electrons. The standard InChI is InChI=1S/C21H35N3OS/c1-15(2)23-20(25)17-8-12-18(13-9-17)22-14-16-6-10-19(11-7-16)24-26-21(3,4)5/h8-9,12-13,15-16,19,22,24H,6-7,10-11,14H2,1-5H3,(H,23,25). The van der Waals surface area contributed by atoms with Crippen LogP contribution in [-0.2, 0) is 0 Å². The molecule has 5 heteroatoms. The second-order valence-electron chi connectivity index (χ2n) is 8.64. The molecule has 1 saturated carbocycles. The third-order valence-corrected chi connectivity index (χ3v) is 5.60. The minimum absolute atomic E-state index is 0.00880. The van der Waals surface area contributed by atoms with Crippen LogP contribution in [-0.4, -0.2) is 29.3 Å². The van der Waals surface area contributed by atoms with Crippen molar-refractivity contribution >= 4 is 23.5 Å². The van der Waals surface area contributed by atoms with Crippen LogP contribution in [0.15, 0.2) is 24.3 Å². The largest absolute Gasteiger partial charge is 0.385 e. The van der Waals surface area contributed by atoms with Crippen LogP contribution in [0.5, 0.6) is 0 Å². The number of carbonyl (C=O) groups excluding carboxylic acids is 1. The van der Waals surface area contributed by atoms with Crippen molar-refractivity contribution in [3.63, 3.8) is 0 Å². The van der Waals surface area contributed by atoms with Gasteiger partial charge in [0.1, 0.15) is 0 Å². The molecule has 1 aliphatic carbocycles. The summed E-state index contributed by atoms with van der Waals surface area (Å²) in [6, 6.07) is 8.60. The molecular formula is C21H35N3OS. The first-order valence-electron chi connectivity index (χ1n) is 9.81. The number of amides is 1. The molecule has 26 heavy (non-hydrogen) atoms. The molecule has 1 aliphatic rings. The Morgan fingerprint density at radius 2 is 1.73 bits per heavy atom. The molecule has 0 atom stereocenters. The van der Waals surface area contributed by atoms with Gasteiger partial charge in [-0.3, -0.25) is 9.52 Å². The molecular weight excluding hydrogens is 342 g/mol. The van der Waals surface area contributed by atoms with E-state index in [1.807, 2.05) is 50.1 Å². The second kappa shape index (κ2) is 9.65. The van der Waals surface area contributed by atoms with Crippen molar-refractivity contribution in [2.24, 2.45) is 5.92 Å². The maximum Gasteiger partial charge on any atom is 0.251 e. The summed E-state index contributed by atoms with van der Waals surface area (Å²) in [5.74, 6) is 0.724. The van der Waals surface area contributed by atoms with Gasteiger partial charge in [0.2, 0.25) is 0 Å². The molecule has 0 heterocycles. The lowest BCUT2D eigenvalue weighted by molar-refractivity contribution is 0.0943. The van der Waals surface area contributed by atoms with E-state index in [2.05, 4.69) is 36.1 Å². The first-order valence-corrected chi connectivity index (χ1v) is 10.6. The van der Waals surface area contributed by atoms with Gasteiger partial charge < -0.3 is 10.6 Å². The zero-order valence-corrected chi connectivity index (χ0v) is 17.7. The average molecular weight is 378 g/mol. The molecule has 0 saturated heterocycles.